The molecule has 1 aliphatic carbocycles. The Balaban J connectivity index is 0.000000255. The predicted molar refractivity (Wildman–Crippen MR) is 163 cm³/mol. The van der Waals surface area contributed by atoms with Crippen molar-refractivity contribution in [1.82, 2.24) is 0 Å². The Morgan fingerprint density at radius 3 is 2.50 bits per heavy atom. The van der Waals surface area contributed by atoms with E-state index in [4.69, 9.17) is 11.6 Å². The van der Waals surface area contributed by atoms with Gasteiger partial charge in [-0.15, -0.1) is 23.1 Å². The van der Waals surface area contributed by atoms with Crippen molar-refractivity contribution in [3.63, 3.8) is 0 Å². The molecule has 0 amide bonds. The van der Waals surface area contributed by atoms with Gasteiger partial charge in [-0.3, -0.25) is 4.79 Å². The van der Waals surface area contributed by atoms with Gasteiger partial charge in [0.15, 0.2) is 0 Å². The topological polar surface area (TPSA) is 54.4 Å². The minimum absolute atomic E-state index is 0.180. The first-order valence-electron chi connectivity index (χ1n) is 11.0. The fraction of sp³-hybridized carbons (Fsp3) is 0.214. The number of Topliss-reactive ketones (excluding diaryl/α,β-unsaturated/α-hetero) is 1. The highest BCUT2D eigenvalue weighted by Crippen LogP contribution is 2.34. The summed E-state index contributed by atoms with van der Waals surface area (Å²) < 4.78 is 0.997. The van der Waals surface area contributed by atoms with Crippen molar-refractivity contribution in [2.45, 2.75) is 38.5 Å². The van der Waals surface area contributed by atoms with E-state index in [0.717, 1.165) is 47.3 Å². The van der Waals surface area contributed by atoms with E-state index in [1.165, 1.54) is 11.3 Å². The molecule has 0 unspecified atom stereocenters. The third-order valence-electron chi connectivity index (χ3n) is 4.94. The molecular formula is C28H28BrClO3S3. The number of benzene rings is 1. The minimum atomic E-state index is -0.851. The SMILES string of the molecule is CS/C=C(Sc1ccc(Cl)cc1)\C(C)=C\CC(C)=O.Cc1scc(C2=CC=C(Br)C=CC2)c1C(=O)O. The lowest BCUT2D eigenvalue weighted by Gasteiger charge is -2.08. The Hall–Kier alpha value is -1.77. The van der Waals surface area contributed by atoms with Gasteiger partial charge < -0.3 is 5.11 Å². The normalized spacial score (nSPS) is 13.8. The summed E-state index contributed by atoms with van der Waals surface area (Å²) in [6, 6.07) is 7.77. The molecule has 1 aromatic heterocycles. The van der Waals surface area contributed by atoms with Crippen LogP contribution in [0.5, 0.6) is 0 Å². The summed E-state index contributed by atoms with van der Waals surface area (Å²) in [7, 11) is 0. The van der Waals surface area contributed by atoms with Gasteiger partial charge in [-0.25, -0.2) is 4.79 Å². The van der Waals surface area contributed by atoms with E-state index in [2.05, 4.69) is 21.3 Å². The van der Waals surface area contributed by atoms with E-state index in [1.807, 2.05) is 80.1 Å². The molecule has 0 spiro atoms. The van der Waals surface area contributed by atoms with Gasteiger partial charge in [0.25, 0.3) is 0 Å². The highest BCUT2D eigenvalue weighted by atomic mass is 79.9. The largest absolute Gasteiger partial charge is 0.478 e. The number of thioether (sulfide) groups is 2. The summed E-state index contributed by atoms with van der Waals surface area (Å²) >= 11 is 14.1. The maximum atomic E-state index is 11.2. The van der Waals surface area contributed by atoms with E-state index in [1.54, 1.807) is 30.4 Å². The van der Waals surface area contributed by atoms with E-state index in [-0.39, 0.29) is 5.78 Å². The summed E-state index contributed by atoms with van der Waals surface area (Å²) in [5.74, 6) is -0.671. The highest BCUT2D eigenvalue weighted by Gasteiger charge is 2.18. The molecule has 0 fully saturated rings. The maximum Gasteiger partial charge on any atom is 0.337 e. The van der Waals surface area contributed by atoms with Crippen molar-refractivity contribution in [2.75, 3.05) is 6.26 Å². The number of thiophene rings is 1. The number of carboxylic acids is 1. The molecule has 0 atom stereocenters. The van der Waals surface area contributed by atoms with Crippen molar-refractivity contribution in [2.24, 2.45) is 0 Å². The van der Waals surface area contributed by atoms with Crippen LogP contribution in [0.25, 0.3) is 5.57 Å². The molecule has 1 aromatic carbocycles. The summed E-state index contributed by atoms with van der Waals surface area (Å²) in [5.41, 5.74) is 3.44. The average Bonchev–Trinajstić information content (AvgIpc) is 3.09. The third-order valence-corrected chi connectivity index (χ3v) is 8.42. The second-order valence-electron chi connectivity index (χ2n) is 7.80. The van der Waals surface area contributed by atoms with Gasteiger partial charge >= 0.3 is 5.97 Å². The Labute approximate surface area is 239 Å². The highest BCUT2D eigenvalue weighted by molar-refractivity contribution is 9.11. The molecular weight excluding hydrogens is 596 g/mol. The van der Waals surface area contributed by atoms with Crippen molar-refractivity contribution in [3.05, 3.63) is 101 Å². The van der Waals surface area contributed by atoms with Gasteiger partial charge in [0.1, 0.15) is 5.78 Å². The van der Waals surface area contributed by atoms with Crippen LogP contribution in [0.3, 0.4) is 0 Å². The van der Waals surface area contributed by atoms with E-state index < -0.39 is 5.97 Å². The van der Waals surface area contributed by atoms with Gasteiger partial charge in [0.2, 0.25) is 0 Å². The number of ketones is 1. The molecule has 1 heterocycles. The summed E-state index contributed by atoms with van der Waals surface area (Å²) in [6.45, 7) is 5.48. The van der Waals surface area contributed by atoms with Crippen LogP contribution in [0.1, 0.15) is 47.5 Å². The molecule has 1 aliphatic rings. The van der Waals surface area contributed by atoms with Gasteiger partial charge in [-0.1, -0.05) is 63.6 Å². The molecule has 8 heteroatoms. The van der Waals surface area contributed by atoms with Crippen molar-refractivity contribution in [3.8, 4) is 0 Å². The van der Waals surface area contributed by atoms with Crippen LogP contribution >= 0.6 is 62.4 Å². The molecule has 190 valence electrons. The van der Waals surface area contributed by atoms with Gasteiger partial charge in [-0.05, 0) is 85.7 Å². The quantitative estimate of drug-likeness (QED) is 0.234. The molecule has 0 bridgehead atoms. The van der Waals surface area contributed by atoms with Crippen molar-refractivity contribution >= 4 is 79.7 Å². The number of hydrogen-bond acceptors (Lipinski definition) is 5. The number of aromatic carboxylic acids is 1. The second kappa shape index (κ2) is 15.5. The first-order valence-corrected chi connectivity index (χ1v) is 15.2. The molecule has 0 saturated carbocycles. The molecule has 3 rings (SSSR count). The fourth-order valence-corrected chi connectivity index (χ4v) is 6.07. The van der Waals surface area contributed by atoms with Crippen LogP contribution in [-0.2, 0) is 4.79 Å². The third kappa shape index (κ3) is 9.94. The first-order chi connectivity index (χ1) is 17.1. The fourth-order valence-electron chi connectivity index (χ4n) is 3.09. The van der Waals surface area contributed by atoms with Crippen LogP contribution in [0.15, 0.2) is 85.3 Å². The van der Waals surface area contributed by atoms with Crippen molar-refractivity contribution in [1.29, 1.82) is 0 Å². The first kappa shape index (κ1) is 30.5. The molecule has 1 N–H and O–H groups in total. The van der Waals surface area contributed by atoms with Crippen LogP contribution in [0.4, 0.5) is 0 Å². The molecule has 36 heavy (non-hydrogen) atoms. The lowest BCUT2D eigenvalue weighted by molar-refractivity contribution is -0.116. The average molecular weight is 624 g/mol. The van der Waals surface area contributed by atoms with E-state index in [0.29, 0.717) is 12.0 Å². The maximum absolute atomic E-state index is 11.2. The Morgan fingerprint density at radius 1 is 1.19 bits per heavy atom. The zero-order valence-corrected chi connectivity index (χ0v) is 25.3. The Bertz CT molecular complexity index is 1240. The second-order valence-corrected chi connectivity index (χ2v) is 12.1. The Kier molecular flexibility index (Phi) is 13.1. The summed E-state index contributed by atoms with van der Waals surface area (Å²) in [6.07, 6.45) is 13.2. The van der Waals surface area contributed by atoms with Crippen LogP contribution in [0, 0.1) is 6.92 Å². The van der Waals surface area contributed by atoms with Crippen LogP contribution in [-0.4, -0.2) is 23.1 Å². The van der Waals surface area contributed by atoms with Crippen LogP contribution < -0.4 is 0 Å². The summed E-state index contributed by atoms with van der Waals surface area (Å²) in [5, 5.41) is 14.0. The van der Waals surface area contributed by atoms with E-state index >= 15 is 0 Å². The zero-order chi connectivity index (χ0) is 26.7. The lowest BCUT2D eigenvalue weighted by atomic mass is 10.0. The predicted octanol–water partition coefficient (Wildman–Crippen LogP) is 9.94. The molecule has 2 aromatic rings. The number of halogens is 2. The molecule has 0 radical (unpaired) electrons. The number of hydrogen-bond donors (Lipinski definition) is 1. The lowest BCUT2D eigenvalue weighted by Crippen LogP contribution is -2.00. The molecule has 0 aliphatic heterocycles. The number of carboxylic acid groups (broad SMARTS) is 1. The number of rotatable bonds is 8. The van der Waals surface area contributed by atoms with E-state index in [9.17, 15) is 14.7 Å². The number of carbonyl (C=O) groups is 2. The summed E-state index contributed by atoms with van der Waals surface area (Å²) in [4.78, 5) is 25.4. The minimum Gasteiger partial charge on any atom is -0.478 e. The van der Waals surface area contributed by atoms with Crippen LogP contribution in [0.2, 0.25) is 5.02 Å². The smallest absolute Gasteiger partial charge is 0.337 e. The molecule has 0 saturated heterocycles. The van der Waals surface area contributed by atoms with Gasteiger partial charge in [-0.2, -0.15) is 0 Å². The standard InChI is InChI=1S/C15H17ClOS2.C13H11BrO2S/c1-11(4-5-12(2)17)15(10-18-3)19-14-8-6-13(16)7-9-14;1-8-12(13(15)16)11(7-17-8)9-3-2-4-10(14)6-5-9/h4,6-10H,5H2,1-3H3;2,4-7H,3H2,1H3,(H,15,16)/b11-4+,15-10+;. The number of allylic oxidation sites excluding steroid dienone is 8. The monoisotopic (exact) mass is 622 g/mol. The van der Waals surface area contributed by atoms with Crippen molar-refractivity contribution < 1.29 is 14.7 Å². The molecule has 3 nitrogen and oxygen atoms in total. The Morgan fingerprint density at radius 2 is 1.89 bits per heavy atom. The number of carbonyl (C=O) groups excluding carboxylic acids is 1. The number of aryl methyl sites for hydroxylation is 1. The van der Waals surface area contributed by atoms with Gasteiger partial charge in [0.05, 0.1) is 5.56 Å². The zero-order valence-electron chi connectivity index (χ0n) is 20.5. The van der Waals surface area contributed by atoms with Gasteiger partial charge in [0, 0.05) is 36.2 Å².